The SMILES string of the molecule is CCNC(=O)C(CC)N(Cc1ccc(Cl)c(Cl)c1)C(=O)CN(c1ccccc1)S(=O)(=O)c1ccc(Cl)cc1. The van der Waals surface area contributed by atoms with Gasteiger partial charge < -0.3 is 10.2 Å². The molecule has 202 valence electrons. The monoisotopic (exact) mass is 595 g/mol. The molecule has 3 aromatic carbocycles. The number of nitrogens with one attached hydrogen (secondary N) is 1. The third-order valence-corrected chi connectivity index (χ3v) is 8.58. The average Bonchev–Trinajstić information content (AvgIpc) is 2.90. The summed E-state index contributed by atoms with van der Waals surface area (Å²) in [4.78, 5) is 28.2. The van der Waals surface area contributed by atoms with Crippen molar-refractivity contribution in [2.24, 2.45) is 0 Å². The highest BCUT2D eigenvalue weighted by Crippen LogP contribution is 2.27. The molecule has 3 rings (SSSR count). The van der Waals surface area contributed by atoms with Gasteiger partial charge in [0.1, 0.15) is 12.6 Å². The van der Waals surface area contributed by atoms with Crippen LogP contribution in [-0.4, -0.2) is 44.3 Å². The van der Waals surface area contributed by atoms with E-state index >= 15 is 0 Å². The molecule has 11 heteroatoms. The van der Waals surface area contributed by atoms with Crippen molar-refractivity contribution in [1.29, 1.82) is 0 Å². The van der Waals surface area contributed by atoms with Gasteiger partial charge in [-0.05, 0) is 67.4 Å². The zero-order chi connectivity index (χ0) is 27.9. The van der Waals surface area contributed by atoms with Crippen molar-refractivity contribution in [2.45, 2.75) is 37.8 Å². The molecule has 0 fully saturated rings. The fourth-order valence-corrected chi connectivity index (χ4v) is 5.76. The van der Waals surface area contributed by atoms with Crippen molar-refractivity contribution < 1.29 is 18.0 Å². The molecular formula is C27H28Cl3N3O4S. The predicted octanol–water partition coefficient (Wildman–Crippen LogP) is 5.79. The van der Waals surface area contributed by atoms with Crippen LogP contribution >= 0.6 is 34.8 Å². The van der Waals surface area contributed by atoms with Crippen molar-refractivity contribution in [3.63, 3.8) is 0 Å². The number of amides is 2. The molecule has 1 unspecified atom stereocenters. The molecule has 2 amide bonds. The molecule has 0 aliphatic heterocycles. The summed E-state index contributed by atoms with van der Waals surface area (Å²) in [6, 6.07) is 18.1. The van der Waals surface area contributed by atoms with Crippen LogP contribution in [0.4, 0.5) is 5.69 Å². The topological polar surface area (TPSA) is 86.8 Å². The molecule has 1 atom stereocenters. The Balaban J connectivity index is 2.04. The van der Waals surface area contributed by atoms with Gasteiger partial charge in [-0.1, -0.05) is 66.0 Å². The zero-order valence-electron chi connectivity index (χ0n) is 20.9. The van der Waals surface area contributed by atoms with Crippen LogP contribution in [0.15, 0.2) is 77.7 Å². The molecule has 0 heterocycles. The van der Waals surface area contributed by atoms with Crippen LogP contribution < -0.4 is 9.62 Å². The maximum atomic E-state index is 13.9. The highest BCUT2D eigenvalue weighted by Gasteiger charge is 2.33. The fraction of sp³-hybridized carbons (Fsp3) is 0.259. The summed E-state index contributed by atoms with van der Waals surface area (Å²) in [7, 11) is -4.16. The molecular weight excluding hydrogens is 569 g/mol. The quantitative estimate of drug-likeness (QED) is 0.304. The lowest BCUT2D eigenvalue weighted by Gasteiger charge is -2.33. The maximum Gasteiger partial charge on any atom is 0.264 e. The van der Waals surface area contributed by atoms with Gasteiger partial charge >= 0.3 is 0 Å². The van der Waals surface area contributed by atoms with E-state index < -0.39 is 28.5 Å². The van der Waals surface area contributed by atoms with E-state index in [1.807, 2.05) is 0 Å². The minimum atomic E-state index is -4.16. The first-order valence-electron chi connectivity index (χ1n) is 11.9. The second-order valence-electron chi connectivity index (χ2n) is 8.39. The molecule has 38 heavy (non-hydrogen) atoms. The third kappa shape index (κ3) is 7.20. The van der Waals surface area contributed by atoms with E-state index in [9.17, 15) is 18.0 Å². The number of halogens is 3. The van der Waals surface area contributed by atoms with Crippen LogP contribution in [0.3, 0.4) is 0 Å². The molecule has 0 aromatic heterocycles. The maximum absolute atomic E-state index is 13.9. The molecule has 7 nitrogen and oxygen atoms in total. The third-order valence-electron chi connectivity index (χ3n) is 5.80. The van der Waals surface area contributed by atoms with Crippen molar-refractivity contribution in [3.8, 4) is 0 Å². The van der Waals surface area contributed by atoms with Gasteiger partial charge in [-0.25, -0.2) is 8.42 Å². The Hall–Kier alpha value is -2.78. The summed E-state index contributed by atoms with van der Waals surface area (Å²) in [5, 5.41) is 3.80. The molecule has 3 aromatic rings. The van der Waals surface area contributed by atoms with E-state index in [0.717, 1.165) is 4.31 Å². The number of benzene rings is 3. The summed E-state index contributed by atoms with van der Waals surface area (Å²) in [5.41, 5.74) is 0.943. The highest BCUT2D eigenvalue weighted by molar-refractivity contribution is 7.92. The second kappa shape index (κ2) is 13.3. The van der Waals surface area contributed by atoms with Crippen LogP contribution in [0, 0.1) is 0 Å². The lowest BCUT2D eigenvalue weighted by atomic mass is 10.1. The molecule has 0 bridgehead atoms. The molecule has 0 saturated heterocycles. The first-order chi connectivity index (χ1) is 18.1. The molecule has 0 aliphatic carbocycles. The first kappa shape index (κ1) is 29.8. The minimum absolute atomic E-state index is 0.0228. The number of anilines is 1. The van der Waals surface area contributed by atoms with E-state index in [4.69, 9.17) is 34.8 Å². The van der Waals surface area contributed by atoms with Crippen LogP contribution in [0.2, 0.25) is 15.1 Å². The van der Waals surface area contributed by atoms with Crippen LogP contribution in [0.25, 0.3) is 0 Å². The smallest absolute Gasteiger partial charge is 0.264 e. The number of hydrogen-bond donors (Lipinski definition) is 1. The largest absolute Gasteiger partial charge is 0.355 e. The van der Waals surface area contributed by atoms with Crippen molar-refractivity contribution in [2.75, 3.05) is 17.4 Å². The number of rotatable bonds is 11. The van der Waals surface area contributed by atoms with Crippen LogP contribution in [0.1, 0.15) is 25.8 Å². The van der Waals surface area contributed by atoms with E-state index in [-0.39, 0.29) is 17.3 Å². The lowest BCUT2D eigenvalue weighted by Crippen LogP contribution is -2.52. The summed E-state index contributed by atoms with van der Waals surface area (Å²) in [6.45, 7) is 3.44. The Labute approximate surface area is 238 Å². The van der Waals surface area contributed by atoms with Gasteiger partial charge in [0.05, 0.1) is 20.6 Å². The molecule has 0 saturated carbocycles. The number of hydrogen-bond acceptors (Lipinski definition) is 4. The van der Waals surface area contributed by atoms with Crippen molar-refractivity contribution in [1.82, 2.24) is 10.2 Å². The van der Waals surface area contributed by atoms with Crippen molar-refractivity contribution >= 4 is 62.3 Å². The van der Waals surface area contributed by atoms with Crippen LogP contribution in [0.5, 0.6) is 0 Å². The number of para-hydroxylation sites is 1. The Morgan fingerprint density at radius 3 is 2.13 bits per heavy atom. The fourth-order valence-electron chi connectivity index (χ4n) is 3.90. The summed E-state index contributed by atoms with van der Waals surface area (Å²) < 4.78 is 28.5. The number of sulfonamides is 1. The zero-order valence-corrected chi connectivity index (χ0v) is 24.0. The van der Waals surface area contributed by atoms with E-state index in [1.165, 1.54) is 29.2 Å². The number of carbonyl (C=O) groups is 2. The molecule has 0 aliphatic rings. The number of carbonyl (C=O) groups excluding carboxylic acids is 2. The number of likely N-dealkylation sites (N-methyl/N-ethyl adjacent to an activating group) is 1. The van der Waals surface area contributed by atoms with Gasteiger partial charge in [-0.15, -0.1) is 0 Å². The molecule has 0 radical (unpaired) electrons. The van der Waals surface area contributed by atoms with Gasteiger partial charge in [-0.2, -0.15) is 0 Å². The lowest BCUT2D eigenvalue weighted by molar-refractivity contribution is -0.140. The Bertz CT molecular complexity index is 1370. The Morgan fingerprint density at radius 1 is 0.895 bits per heavy atom. The number of nitrogens with zero attached hydrogens (tertiary/aromatic N) is 2. The Kier molecular flexibility index (Phi) is 10.4. The van der Waals surface area contributed by atoms with E-state index in [0.29, 0.717) is 39.3 Å². The molecule has 0 spiro atoms. The molecule has 1 N–H and O–H groups in total. The summed E-state index contributed by atoms with van der Waals surface area (Å²) in [5.74, 6) is -0.897. The van der Waals surface area contributed by atoms with Crippen molar-refractivity contribution in [3.05, 3.63) is 93.4 Å². The van der Waals surface area contributed by atoms with Gasteiger partial charge in [0.15, 0.2) is 0 Å². The average molecular weight is 597 g/mol. The van der Waals surface area contributed by atoms with E-state index in [2.05, 4.69) is 5.32 Å². The summed E-state index contributed by atoms with van der Waals surface area (Å²) >= 11 is 18.2. The summed E-state index contributed by atoms with van der Waals surface area (Å²) in [6.07, 6.45) is 0.314. The minimum Gasteiger partial charge on any atom is -0.355 e. The van der Waals surface area contributed by atoms with Gasteiger partial charge in [0.25, 0.3) is 10.0 Å². The Morgan fingerprint density at radius 2 is 1.55 bits per heavy atom. The van der Waals surface area contributed by atoms with Gasteiger partial charge in [0.2, 0.25) is 11.8 Å². The standard InChI is InChI=1S/C27H28Cl3N3O4S/c1-3-25(27(35)31-4-2)32(17-19-10-15-23(29)24(30)16-19)26(34)18-33(21-8-6-5-7-9-21)38(36,37)22-13-11-20(28)12-14-22/h5-16,25H,3-4,17-18H2,1-2H3,(H,31,35). The predicted molar refractivity (Wildman–Crippen MR) is 152 cm³/mol. The van der Waals surface area contributed by atoms with Crippen LogP contribution in [-0.2, 0) is 26.2 Å². The second-order valence-corrected chi connectivity index (χ2v) is 11.5. The first-order valence-corrected chi connectivity index (χ1v) is 14.5. The van der Waals surface area contributed by atoms with E-state index in [1.54, 1.807) is 62.4 Å². The normalized spacial score (nSPS) is 12.0. The van der Waals surface area contributed by atoms with Gasteiger partial charge in [-0.3, -0.25) is 13.9 Å². The highest BCUT2D eigenvalue weighted by atomic mass is 35.5. The van der Waals surface area contributed by atoms with Gasteiger partial charge in [0, 0.05) is 18.1 Å².